The van der Waals surface area contributed by atoms with E-state index in [-0.39, 0.29) is 18.2 Å². The van der Waals surface area contributed by atoms with Gasteiger partial charge in [-0.05, 0) is 22.4 Å². The molecular formula is C17H18O3. The zero-order valence-corrected chi connectivity index (χ0v) is 11.5. The molecule has 1 aliphatic rings. The first-order chi connectivity index (χ1) is 9.72. The quantitative estimate of drug-likeness (QED) is 0.782. The molecule has 1 heterocycles. The van der Waals surface area contributed by atoms with E-state index in [1.807, 2.05) is 12.1 Å². The fraction of sp³-hybridized carbons (Fsp3) is 0.353. The Hall–Kier alpha value is -1.87. The number of esters is 1. The fourth-order valence-corrected chi connectivity index (χ4v) is 2.75. The van der Waals surface area contributed by atoms with Crippen LogP contribution in [0.3, 0.4) is 0 Å². The molecule has 3 nitrogen and oxygen atoms in total. The molecule has 104 valence electrons. The summed E-state index contributed by atoms with van der Waals surface area (Å²) < 4.78 is 11.1. The van der Waals surface area contributed by atoms with Gasteiger partial charge < -0.3 is 9.47 Å². The van der Waals surface area contributed by atoms with Crippen LogP contribution in [-0.2, 0) is 14.3 Å². The number of ether oxygens (including phenoxy) is 2. The fourth-order valence-electron chi connectivity index (χ4n) is 2.75. The van der Waals surface area contributed by atoms with Crippen LogP contribution >= 0.6 is 0 Å². The second-order valence-corrected chi connectivity index (χ2v) is 5.22. The van der Waals surface area contributed by atoms with Gasteiger partial charge in [-0.15, -0.1) is 0 Å². The van der Waals surface area contributed by atoms with Crippen LogP contribution in [0.5, 0.6) is 0 Å². The highest BCUT2D eigenvalue weighted by Crippen LogP contribution is 2.31. The number of carbonyl (C=O) groups excluding carboxylic acids is 1. The van der Waals surface area contributed by atoms with Crippen LogP contribution in [-0.4, -0.2) is 18.7 Å². The Morgan fingerprint density at radius 3 is 2.80 bits per heavy atom. The third kappa shape index (κ3) is 2.83. The van der Waals surface area contributed by atoms with Crippen molar-refractivity contribution in [1.29, 1.82) is 0 Å². The van der Waals surface area contributed by atoms with Gasteiger partial charge in [0, 0.05) is 19.8 Å². The van der Waals surface area contributed by atoms with Gasteiger partial charge in [-0.2, -0.15) is 0 Å². The summed E-state index contributed by atoms with van der Waals surface area (Å²) in [6, 6.07) is 14.7. The molecule has 1 fully saturated rings. The van der Waals surface area contributed by atoms with Crippen LogP contribution in [0.2, 0.25) is 0 Å². The average Bonchev–Trinajstić information content (AvgIpc) is 2.46. The number of rotatable bonds is 2. The molecular weight excluding hydrogens is 252 g/mol. The van der Waals surface area contributed by atoms with Crippen LogP contribution in [0.15, 0.2) is 42.5 Å². The number of fused-ring (bicyclic) bond motifs is 1. The largest absolute Gasteiger partial charge is 0.462 e. The average molecular weight is 270 g/mol. The molecule has 3 rings (SSSR count). The van der Waals surface area contributed by atoms with Gasteiger partial charge in [0.2, 0.25) is 0 Å². The van der Waals surface area contributed by atoms with E-state index in [1.165, 1.54) is 17.7 Å². The summed E-state index contributed by atoms with van der Waals surface area (Å²) in [6.07, 6.45) is 1.50. The standard InChI is InChI=1S/C17H18O3/c1-12(18)20-16-8-9-19-17(11-16)15-7-6-13-4-2-3-5-14(13)10-15/h2-7,10,16-17H,8-9,11H2,1H3/t16-,17+/m1/s1. The van der Waals surface area contributed by atoms with E-state index in [0.29, 0.717) is 6.61 Å². The molecule has 1 saturated heterocycles. The van der Waals surface area contributed by atoms with Gasteiger partial charge in [-0.25, -0.2) is 0 Å². The molecule has 0 bridgehead atoms. The Morgan fingerprint density at radius 1 is 1.20 bits per heavy atom. The summed E-state index contributed by atoms with van der Waals surface area (Å²) >= 11 is 0. The van der Waals surface area contributed by atoms with Crippen LogP contribution in [0.1, 0.15) is 31.4 Å². The first-order valence-electron chi connectivity index (χ1n) is 7.00. The van der Waals surface area contributed by atoms with Gasteiger partial charge in [0.25, 0.3) is 0 Å². The Morgan fingerprint density at radius 2 is 2.00 bits per heavy atom. The minimum Gasteiger partial charge on any atom is -0.462 e. The molecule has 0 radical (unpaired) electrons. The molecule has 3 heteroatoms. The third-order valence-electron chi connectivity index (χ3n) is 3.71. The minimum absolute atomic E-state index is 0.0118. The Bertz CT molecular complexity index is 620. The summed E-state index contributed by atoms with van der Waals surface area (Å²) in [5.41, 5.74) is 1.15. The highest BCUT2D eigenvalue weighted by Gasteiger charge is 2.25. The smallest absolute Gasteiger partial charge is 0.302 e. The highest BCUT2D eigenvalue weighted by atomic mass is 16.6. The van der Waals surface area contributed by atoms with E-state index in [0.717, 1.165) is 18.4 Å². The maximum Gasteiger partial charge on any atom is 0.302 e. The van der Waals surface area contributed by atoms with E-state index in [2.05, 4.69) is 30.3 Å². The van der Waals surface area contributed by atoms with E-state index < -0.39 is 0 Å². The first kappa shape index (κ1) is 13.1. The summed E-state index contributed by atoms with van der Waals surface area (Å²) in [5.74, 6) is -0.214. The molecule has 2 aromatic rings. The first-order valence-corrected chi connectivity index (χ1v) is 7.00. The van der Waals surface area contributed by atoms with Gasteiger partial charge in [0.1, 0.15) is 6.10 Å². The van der Waals surface area contributed by atoms with Crippen molar-refractivity contribution < 1.29 is 14.3 Å². The summed E-state index contributed by atoms with van der Waals surface area (Å²) in [5, 5.41) is 2.44. The monoisotopic (exact) mass is 270 g/mol. The lowest BCUT2D eigenvalue weighted by molar-refractivity contribution is -0.153. The molecule has 0 aliphatic carbocycles. The molecule has 2 atom stereocenters. The zero-order chi connectivity index (χ0) is 13.9. The predicted octanol–water partition coefficient (Wildman–Crippen LogP) is 3.62. The normalized spacial score (nSPS) is 22.6. The molecule has 0 saturated carbocycles. The van der Waals surface area contributed by atoms with Gasteiger partial charge in [0.15, 0.2) is 0 Å². The van der Waals surface area contributed by atoms with E-state index in [4.69, 9.17) is 9.47 Å². The summed E-state index contributed by atoms with van der Waals surface area (Å²) in [7, 11) is 0. The van der Waals surface area contributed by atoms with Crippen molar-refractivity contribution in [3.8, 4) is 0 Å². The van der Waals surface area contributed by atoms with Crippen LogP contribution < -0.4 is 0 Å². The lowest BCUT2D eigenvalue weighted by Gasteiger charge is -2.29. The van der Waals surface area contributed by atoms with E-state index >= 15 is 0 Å². The molecule has 0 spiro atoms. The molecule has 0 N–H and O–H groups in total. The van der Waals surface area contributed by atoms with Crippen molar-refractivity contribution in [2.24, 2.45) is 0 Å². The van der Waals surface area contributed by atoms with Crippen molar-refractivity contribution in [3.63, 3.8) is 0 Å². The molecule has 20 heavy (non-hydrogen) atoms. The maximum atomic E-state index is 11.1. The van der Waals surface area contributed by atoms with Crippen molar-refractivity contribution in [3.05, 3.63) is 48.0 Å². The van der Waals surface area contributed by atoms with Gasteiger partial charge in [-0.1, -0.05) is 36.4 Å². The summed E-state index contributed by atoms with van der Waals surface area (Å²) in [4.78, 5) is 11.1. The summed E-state index contributed by atoms with van der Waals surface area (Å²) in [6.45, 7) is 2.09. The molecule has 0 unspecified atom stereocenters. The van der Waals surface area contributed by atoms with Crippen LogP contribution in [0.4, 0.5) is 0 Å². The van der Waals surface area contributed by atoms with Crippen LogP contribution in [0, 0.1) is 0 Å². The topological polar surface area (TPSA) is 35.5 Å². The Balaban J connectivity index is 1.81. The maximum absolute atomic E-state index is 11.1. The number of benzene rings is 2. The van der Waals surface area contributed by atoms with Gasteiger partial charge in [-0.3, -0.25) is 4.79 Å². The van der Waals surface area contributed by atoms with Crippen LogP contribution in [0.25, 0.3) is 10.8 Å². The molecule has 2 aromatic carbocycles. The lowest BCUT2D eigenvalue weighted by atomic mass is 9.97. The minimum atomic E-state index is -0.214. The van der Waals surface area contributed by atoms with E-state index in [1.54, 1.807) is 0 Å². The van der Waals surface area contributed by atoms with Gasteiger partial charge in [0.05, 0.1) is 12.7 Å². The van der Waals surface area contributed by atoms with Crippen molar-refractivity contribution in [2.75, 3.05) is 6.61 Å². The second-order valence-electron chi connectivity index (χ2n) is 5.22. The number of hydrogen-bond donors (Lipinski definition) is 0. The Labute approximate surface area is 118 Å². The van der Waals surface area contributed by atoms with Gasteiger partial charge >= 0.3 is 5.97 Å². The highest BCUT2D eigenvalue weighted by molar-refractivity contribution is 5.83. The molecule has 0 aromatic heterocycles. The molecule has 1 aliphatic heterocycles. The van der Waals surface area contributed by atoms with Crippen molar-refractivity contribution in [1.82, 2.24) is 0 Å². The number of hydrogen-bond acceptors (Lipinski definition) is 3. The predicted molar refractivity (Wildman–Crippen MR) is 77.4 cm³/mol. The van der Waals surface area contributed by atoms with Crippen molar-refractivity contribution in [2.45, 2.75) is 32.0 Å². The number of carbonyl (C=O) groups is 1. The zero-order valence-electron chi connectivity index (χ0n) is 11.5. The second kappa shape index (κ2) is 5.63. The van der Waals surface area contributed by atoms with Crippen molar-refractivity contribution >= 4 is 16.7 Å². The molecule has 0 amide bonds. The SMILES string of the molecule is CC(=O)O[C@@H]1CCO[C@H](c2ccc3ccccc3c2)C1. The van der Waals surface area contributed by atoms with E-state index in [9.17, 15) is 4.79 Å². The third-order valence-corrected chi connectivity index (χ3v) is 3.71. The Kier molecular flexibility index (Phi) is 3.70. The lowest BCUT2D eigenvalue weighted by Crippen LogP contribution is -2.27.